The highest BCUT2D eigenvalue weighted by Gasteiger charge is 2.18. The minimum atomic E-state index is -0.865. The lowest BCUT2D eigenvalue weighted by molar-refractivity contribution is 0.579. The Morgan fingerprint density at radius 3 is 2.39 bits per heavy atom. The third-order valence-corrected chi connectivity index (χ3v) is 3.39. The fraction of sp³-hybridized carbons (Fsp3) is 0.125. The van der Waals surface area contributed by atoms with Gasteiger partial charge in [0, 0.05) is 6.07 Å². The summed E-state index contributed by atoms with van der Waals surface area (Å²) in [4.78, 5) is 16.9. The van der Waals surface area contributed by atoms with Gasteiger partial charge in [-0.3, -0.25) is 9.36 Å². The third-order valence-electron chi connectivity index (χ3n) is 3.39. The van der Waals surface area contributed by atoms with Crippen molar-refractivity contribution >= 4 is 10.9 Å². The summed E-state index contributed by atoms with van der Waals surface area (Å²) in [5.74, 6) is -2.41. The Balaban J connectivity index is 2.47. The van der Waals surface area contributed by atoms with Gasteiger partial charge in [-0.25, -0.2) is 18.2 Å². The van der Waals surface area contributed by atoms with Crippen molar-refractivity contribution in [3.63, 3.8) is 0 Å². The largest absolute Gasteiger partial charge is 0.322 e. The summed E-state index contributed by atoms with van der Waals surface area (Å²) in [7, 11) is 0. The standard InChI is InChI=1S/C16H12F3N3O/c1-8(20)15-21-13-4-2-3-12(19)14(13)16(23)22(15)11-6-9(17)5-10(18)7-11/h2-8H,20H2,1H3/t8-/m0/s1. The first-order valence-corrected chi connectivity index (χ1v) is 6.81. The monoisotopic (exact) mass is 319 g/mol. The van der Waals surface area contributed by atoms with Crippen molar-refractivity contribution in [2.75, 3.05) is 0 Å². The molecule has 0 aliphatic rings. The molecule has 0 bridgehead atoms. The summed E-state index contributed by atoms with van der Waals surface area (Å²) >= 11 is 0. The lowest BCUT2D eigenvalue weighted by atomic mass is 10.2. The van der Waals surface area contributed by atoms with Gasteiger partial charge in [0.25, 0.3) is 5.56 Å². The molecule has 3 rings (SSSR count). The van der Waals surface area contributed by atoms with Crippen molar-refractivity contribution in [3.05, 3.63) is 70.0 Å². The zero-order chi connectivity index (χ0) is 16.7. The van der Waals surface area contributed by atoms with Gasteiger partial charge in [-0.15, -0.1) is 0 Å². The Bertz CT molecular complexity index is 946. The SMILES string of the molecule is C[C@H](N)c1nc2cccc(F)c2c(=O)n1-c1cc(F)cc(F)c1. The van der Waals surface area contributed by atoms with Crippen molar-refractivity contribution in [3.8, 4) is 5.69 Å². The Kier molecular flexibility index (Phi) is 3.65. The van der Waals surface area contributed by atoms with Crippen LogP contribution in [0.2, 0.25) is 0 Å². The molecule has 7 heteroatoms. The number of halogens is 3. The van der Waals surface area contributed by atoms with Crippen LogP contribution < -0.4 is 11.3 Å². The molecule has 3 aromatic rings. The number of hydrogen-bond acceptors (Lipinski definition) is 3. The van der Waals surface area contributed by atoms with Crippen molar-refractivity contribution in [1.82, 2.24) is 9.55 Å². The molecule has 0 saturated carbocycles. The first-order chi connectivity index (χ1) is 10.9. The summed E-state index contributed by atoms with van der Waals surface area (Å²) in [6.45, 7) is 1.57. The highest BCUT2D eigenvalue weighted by Crippen LogP contribution is 2.19. The van der Waals surface area contributed by atoms with Gasteiger partial charge < -0.3 is 5.73 Å². The van der Waals surface area contributed by atoms with Crippen LogP contribution in [0, 0.1) is 17.5 Å². The summed E-state index contributed by atoms with van der Waals surface area (Å²) in [5.41, 5.74) is 5.08. The van der Waals surface area contributed by atoms with Crippen molar-refractivity contribution in [1.29, 1.82) is 0 Å². The number of fused-ring (bicyclic) bond motifs is 1. The van der Waals surface area contributed by atoms with E-state index in [4.69, 9.17) is 5.73 Å². The molecule has 0 radical (unpaired) electrons. The molecule has 23 heavy (non-hydrogen) atoms. The van der Waals surface area contributed by atoms with Crippen LogP contribution in [-0.2, 0) is 0 Å². The summed E-state index contributed by atoms with van der Waals surface area (Å²) in [5, 5.41) is -0.262. The molecule has 0 amide bonds. The average Bonchev–Trinajstić information content (AvgIpc) is 2.45. The number of aromatic nitrogens is 2. The number of rotatable bonds is 2. The summed E-state index contributed by atoms with van der Waals surface area (Å²) in [6, 6.07) is 5.91. The van der Waals surface area contributed by atoms with Crippen LogP contribution in [0.25, 0.3) is 16.6 Å². The van der Waals surface area contributed by atoms with Gasteiger partial charge in [-0.2, -0.15) is 0 Å². The maximum atomic E-state index is 14.0. The lowest BCUT2D eigenvalue weighted by Crippen LogP contribution is -2.28. The Hall–Kier alpha value is -2.67. The number of hydrogen-bond donors (Lipinski definition) is 1. The van der Waals surface area contributed by atoms with E-state index in [9.17, 15) is 18.0 Å². The third kappa shape index (κ3) is 2.59. The van der Waals surface area contributed by atoms with Crippen LogP contribution in [0.1, 0.15) is 18.8 Å². The molecule has 0 unspecified atom stereocenters. The molecule has 118 valence electrons. The Morgan fingerprint density at radius 1 is 1.13 bits per heavy atom. The molecule has 0 saturated heterocycles. The number of benzene rings is 2. The molecule has 0 spiro atoms. The minimum Gasteiger partial charge on any atom is -0.322 e. The first-order valence-electron chi connectivity index (χ1n) is 6.81. The smallest absolute Gasteiger partial charge is 0.269 e. The second-order valence-corrected chi connectivity index (χ2v) is 5.16. The predicted molar refractivity (Wildman–Crippen MR) is 79.8 cm³/mol. The van der Waals surface area contributed by atoms with E-state index in [1.165, 1.54) is 12.1 Å². The molecule has 0 aliphatic carbocycles. The van der Waals surface area contributed by atoms with E-state index >= 15 is 0 Å². The van der Waals surface area contributed by atoms with Crippen molar-refractivity contribution in [2.24, 2.45) is 5.73 Å². The van der Waals surface area contributed by atoms with Gasteiger partial charge in [0.05, 0.1) is 17.2 Å². The van der Waals surface area contributed by atoms with Gasteiger partial charge in [0.2, 0.25) is 0 Å². The molecule has 1 aromatic heterocycles. The minimum absolute atomic E-state index is 0.0816. The van der Waals surface area contributed by atoms with Gasteiger partial charge in [0.1, 0.15) is 28.7 Å². The normalized spacial score (nSPS) is 12.6. The van der Waals surface area contributed by atoms with Crippen LogP contribution in [-0.4, -0.2) is 9.55 Å². The van der Waals surface area contributed by atoms with E-state index in [-0.39, 0.29) is 22.4 Å². The zero-order valence-electron chi connectivity index (χ0n) is 12.1. The summed E-state index contributed by atoms with van der Waals surface area (Å²) in [6.07, 6.45) is 0. The van der Waals surface area contributed by atoms with Crippen LogP contribution >= 0.6 is 0 Å². The van der Waals surface area contributed by atoms with Crippen LogP contribution in [0.5, 0.6) is 0 Å². The van der Waals surface area contributed by atoms with Crippen molar-refractivity contribution in [2.45, 2.75) is 13.0 Å². The molecule has 4 nitrogen and oxygen atoms in total. The average molecular weight is 319 g/mol. The first kappa shape index (κ1) is 15.2. The fourth-order valence-corrected chi connectivity index (χ4v) is 2.43. The quantitative estimate of drug-likeness (QED) is 0.790. The van der Waals surface area contributed by atoms with Gasteiger partial charge in [-0.05, 0) is 31.2 Å². The molecule has 0 aliphatic heterocycles. The molecular formula is C16H12F3N3O. The van der Waals surface area contributed by atoms with E-state index in [0.29, 0.717) is 6.07 Å². The van der Waals surface area contributed by atoms with Crippen molar-refractivity contribution < 1.29 is 13.2 Å². The molecule has 2 N–H and O–H groups in total. The second kappa shape index (κ2) is 5.51. The molecule has 2 aromatic carbocycles. The van der Waals surface area contributed by atoms with Gasteiger partial charge >= 0.3 is 0 Å². The van der Waals surface area contributed by atoms with Crippen LogP contribution in [0.3, 0.4) is 0 Å². The van der Waals surface area contributed by atoms with E-state index in [1.54, 1.807) is 6.92 Å². The van der Waals surface area contributed by atoms with E-state index < -0.39 is 29.1 Å². The van der Waals surface area contributed by atoms with E-state index in [2.05, 4.69) is 4.98 Å². The highest BCUT2D eigenvalue weighted by molar-refractivity contribution is 5.78. The van der Waals surface area contributed by atoms with E-state index in [1.807, 2.05) is 0 Å². The maximum absolute atomic E-state index is 14.0. The number of nitrogens with two attached hydrogens (primary N) is 1. The molecular weight excluding hydrogens is 307 g/mol. The predicted octanol–water partition coefficient (Wildman–Crippen LogP) is 2.82. The lowest BCUT2D eigenvalue weighted by Gasteiger charge is -2.16. The number of nitrogens with zero attached hydrogens (tertiary/aromatic N) is 2. The summed E-state index contributed by atoms with van der Waals surface area (Å²) < 4.78 is 41.9. The second-order valence-electron chi connectivity index (χ2n) is 5.16. The highest BCUT2D eigenvalue weighted by atomic mass is 19.1. The molecule has 1 atom stereocenters. The topological polar surface area (TPSA) is 60.9 Å². The molecule has 1 heterocycles. The van der Waals surface area contributed by atoms with Crippen LogP contribution in [0.15, 0.2) is 41.2 Å². The molecule has 0 fully saturated rings. The fourth-order valence-electron chi connectivity index (χ4n) is 2.43. The van der Waals surface area contributed by atoms with E-state index in [0.717, 1.165) is 22.8 Å². The van der Waals surface area contributed by atoms with Crippen LogP contribution in [0.4, 0.5) is 13.2 Å². The Morgan fingerprint density at radius 2 is 1.78 bits per heavy atom. The van der Waals surface area contributed by atoms with Gasteiger partial charge in [-0.1, -0.05) is 6.07 Å². The zero-order valence-corrected chi connectivity index (χ0v) is 12.1. The Labute approximate surface area is 129 Å². The van der Waals surface area contributed by atoms with Gasteiger partial charge in [0.15, 0.2) is 0 Å². The maximum Gasteiger partial charge on any atom is 0.269 e.